The van der Waals surface area contributed by atoms with Crippen LogP contribution >= 0.6 is 15.9 Å². The van der Waals surface area contributed by atoms with Gasteiger partial charge < -0.3 is 0 Å². The van der Waals surface area contributed by atoms with E-state index in [4.69, 9.17) is 4.55 Å². The molecule has 2 aromatic rings. The topological polar surface area (TPSA) is 54.4 Å². The van der Waals surface area contributed by atoms with E-state index >= 15 is 0 Å². The van der Waals surface area contributed by atoms with Gasteiger partial charge in [0.05, 0.1) is 4.90 Å². The average Bonchev–Trinajstić information content (AvgIpc) is 2.28. The van der Waals surface area contributed by atoms with Crippen molar-refractivity contribution in [1.82, 2.24) is 0 Å². The van der Waals surface area contributed by atoms with Gasteiger partial charge in [-0.25, -0.2) is 4.39 Å². The monoisotopic (exact) mass is 330 g/mol. The Bertz CT molecular complexity index is 681. The summed E-state index contributed by atoms with van der Waals surface area (Å²) in [7, 11) is -4.22. The lowest BCUT2D eigenvalue weighted by Gasteiger charge is -2.04. The van der Waals surface area contributed by atoms with Crippen LogP contribution in [-0.4, -0.2) is 13.0 Å². The van der Waals surface area contributed by atoms with Gasteiger partial charge >= 0.3 is 0 Å². The van der Waals surface area contributed by atoms with Crippen LogP contribution in [0.3, 0.4) is 0 Å². The third-order valence-electron chi connectivity index (χ3n) is 2.39. The molecular formula is C12H8BrFO3S. The van der Waals surface area contributed by atoms with E-state index in [1.165, 1.54) is 30.3 Å². The van der Waals surface area contributed by atoms with Gasteiger partial charge in [-0.05, 0) is 29.8 Å². The molecule has 6 heteroatoms. The molecule has 0 heterocycles. The van der Waals surface area contributed by atoms with Crippen molar-refractivity contribution in [2.24, 2.45) is 0 Å². The summed E-state index contributed by atoms with van der Waals surface area (Å²) < 4.78 is 44.9. The largest absolute Gasteiger partial charge is 0.294 e. The van der Waals surface area contributed by atoms with Crippen LogP contribution in [-0.2, 0) is 10.1 Å². The van der Waals surface area contributed by atoms with Crippen LogP contribution < -0.4 is 0 Å². The molecule has 2 aromatic carbocycles. The third kappa shape index (κ3) is 2.77. The van der Waals surface area contributed by atoms with Gasteiger partial charge in [0.1, 0.15) is 5.82 Å². The molecule has 0 spiro atoms. The molecule has 0 aliphatic rings. The Kier molecular flexibility index (Phi) is 3.52. The molecule has 0 aromatic heterocycles. The quantitative estimate of drug-likeness (QED) is 0.857. The van der Waals surface area contributed by atoms with E-state index < -0.39 is 15.9 Å². The molecular weight excluding hydrogens is 323 g/mol. The van der Waals surface area contributed by atoms with E-state index in [-0.39, 0.29) is 4.90 Å². The third-order valence-corrected chi connectivity index (χ3v) is 3.76. The molecule has 3 nitrogen and oxygen atoms in total. The molecule has 0 unspecified atom stereocenters. The van der Waals surface area contributed by atoms with Crippen LogP contribution in [0.5, 0.6) is 0 Å². The van der Waals surface area contributed by atoms with Crippen LogP contribution in [0.1, 0.15) is 0 Å². The number of halogens is 2. The van der Waals surface area contributed by atoms with Crippen LogP contribution in [0.2, 0.25) is 0 Å². The van der Waals surface area contributed by atoms with Crippen LogP contribution in [0.25, 0.3) is 11.1 Å². The first-order chi connectivity index (χ1) is 8.38. The molecule has 0 aliphatic carbocycles. The predicted molar refractivity (Wildman–Crippen MR) is 69.4 cm³/mol. The molecule has 94 valence electrons. The summed E-state index contributed by atoms with van der Waals surface area (Å²) in [6, 6.07) is 9.94. The van der Waals surface area contributed by atoms with Crippen LogP contribution in [0, 0.1) is 5.82 Å². The van der Waals surface area contributed by atoms with E-state index in [0.29, 0.717) is 15.6 Å². The van der Waals surface area contributed by atoms with Crippen molar-refractivity contribution in [3.8, 4) is 11.1 Å². The van der Waals surface area contributed by atoms with E-state index in [2.05, 4.69) is 15.9 Å². The minimum Gasteiger partial charge on any atom is -0.282 e. The Morgan fingerprint density at radius 1 is 1.06 bits per heavy atom. The Morgan fingerprint density at radius 3 is 2.17 bits per heavy atom. The van der Waals surface area contributed by atoms with E-state index in [9.17, 15) is 12.8 Å². The van der Waals surface area contributed by atoms with Gasteiger partial charge in [-0.2, -0.15) is 8.42 Å². The molecule has 1 N–H and O–H groups in total. The minimum absolute atomic E-state index is 0.219. The maximum Gasteiger partial charge on any atom is 0.294 e. The van der Waals surface area contributed by atoms with Crippen molar-refractivity contribution < 1.29 is 17.4 Å². The van der Waals surface area contributed by atoms with Gasteiger partial charge in [0.25, 0.3) is 10.1 Å². The SMILES string of the molecule is O=S(=O)(O)c1ccc(-c2ccc(Br)cc2F)cc1. The zero-order valence-electron chi connectivity index (χ0n) is 8.97. The Morgan fingerprint density at radius 2 is 1.67 bits per heavy atom. The standard InChI is InChI=1S/C12H8BrFO3S/c13-9-3-6-11(12(14)7-9)8-1-4-10(5-2-8)18(15,16)17/h1-7H,(H,15,16,17). The second-order valence-electron chi connectivity index (χ2n) is 3.62. The average molecular weight is 331 g/mol. The highest BCUT2D eigenvalue weighted by Crippen LogP contribution is 2.26. The van der Waals surface area contributed by atoms with Gasteiger partial charge in [0.15, 0.2) is 0 Å². The zero-order chi connectivity index (χ0) is 13.3. The number of rotatable bonds is 2. The van der Waals surface area contributed by atoms with Crippen molar-refractivity contribution in [3.63, 3.8) is 0 Å². The second-order valence-corrected chi connectivity index (χ2v) is 5.96. The first-order valence-corrected chi connectivity index (χ1v) is 7.14. The number of hydrogen-bond acceptors (Lipinski definition) is 2. The predicted octanol–water partition coefficient (Wildman–Crippen LogP) is 3.50. The van der Waals surface area contributed by atoms with Gasteiger partial charge in [-0.15, -0.1) is 0 Å². The first kappa shape index (κ1) is 13.2. The molecule has 0 amide bonds. The Hall–Kier alpha value is -1.24. The molecule has 0 aliphatic heterocycles. The molecule has 0 atom stereocenters. The van der Waals surface area contributed by atoms with Crippen molar-refractivity contribution in [2.75, 3.05) is 0 Å². The fourth-order valence-electron chi connectivity index (χ4n) is 1.53. The highest BCUT2D eigenvalue weighted by molar-refractivity contribution is 9.10. The van der Waals surface area contributed by atoms with E-state index in [0.717, 1.165) is 0 Å². The molecule has 18 heavy (non-hydrogen) atoms. The fourth-order valence-corrected chi connectivity index (χ4v) is 2.34. The van der Waals surface area contributed by atoms with E-state index in [1.54, 1.807) is 12.1 Å². The smallest absolute Gasteiger partial charge is 0.282 e. The summed E-state index contributed by atoms with van der Waals surface area (Å²) in [6.07, 6.45) is 0. The molecule has 0 radical (unpaired) electrons. The maximum atomic E-state index is 13.7. The molecule has 0 saturated carbocycles. The van der Waals surface area contributed by atoms with Gasteiger partial charge in [-0.3, -0.25) is 4.55 Å². The Balaban J connectivity index is 2.47. The van der Waals surface area contributed by atoms with Crippen molar-refractivity contribution in [2.45, 2.75) is 4.90 Å². The van der Waals surface area contributed by atoms with Gasteiger partial charge in [0.2, 0.25) is 0 Å². The number of hydrogen-bond donors (Lipinski definition) is 1. The Labute approximate surface area is 112 Å². The summed E-state index contributed by atoms with van der Waals surface area (Å²) in [4.78, 5) is -0.219. The maximum absolute atomic E-state index is 13.7. The zero-order valence-corrected chi connectivity index (χ0v) is 11.4. The first-order valence-electron chi connectivity index (χ1n) is 4.91. The van der Waals surface area contributed by atoms with Gasteiger partial charge in [0, 0.05) is 10.0 Å². The molecule has 0 saturated heterocycles. The van der Waals surface area contributed by atoms with Crippen molar-refractivity contribution in [3.05, 3.63) is 52.8 Å². The minimum atomic E-state index is -4.22. The summed E-state index contributed by atoms with van der Waals surface area (Å²) in [5, 5.41) is 0. The molecule has 0 fully saturated rings. The van der Waals surface area contributed by atoms with Crippen LogP contribution in [0.4, 0.5) is 4.39 Å². The molecule has 0 bridgehead atoms. The number of benzene rings is 2. The van der Waals surface area contributed by atoms with Crippen molar-refractivity contribution >= 4 is 26.0 Å². The highest BCUT2D eigenvalue weighted by atomic mass is 79.9. The summed E-state index contributed by atoms with van der Waals surface area (Å²) in [6.45, 7) is 0. The highest BCUT2D eigenvalue weighted by Gasteiger charge is 2.10. The lowest BCUT2D eigenvalue weighted by Crippen LogP contribution is -1.97. The fraction of sp³-hybridized carbons (Fsp3) is 0. The lowest BCUT2D eigenvalue weighted by atomic mass is 10.1. The molecule has 2 rings (SSSR count). The summed E-state index contributed by atoms with van der Waals surface area (Å²) in [5.74, 6) is -0.413. The van der Waals surface area contributed by atoms with Crippen molar-refractivity contribution in [1.29, 1.82) is 0 Å². The summed E-state index contributed by atoms with van der Waals surface area (Å²) >= 11 is 3.15. The lowest BCUT2D eigenvalue weighted by molar-refractivity contribution is 0.483. The summed E-state index contributed by atoms with van der Waals surface area (Å²) in [5.41, 5.74) is 0.896. The second kappa shape index (κ2) is 4.79. The van der Waals surface area contributed by atoms with Crippen LogP contribution in [0.15, 0.2) is 51.8 Å². The van der Waals surface area contributed by atoms with Gasteiger partial charge in [-0.1, -0.05) is 34.1 Å². The van der Waals surface area contributed by atoms with E-state index in [1.807, 2.05) is 0 Å². The normalized spacial score (nSPS) is 11.5.